The number of anilines is 1. The molecule has 0 saturated carbocycles. The second kappa shape index (κ2) is 9.71. The Morgan fingerprint density at radius 2 is 1.94 bits per heavy atom. The zero-order chi connectivity index (χ0) is 22.6. The van der Waals surface area contributed by atoms with Gasteiger partial charge in [-0.3, -0.25) is 14.9 Å². The van der Waals surface area contributed by atoms with Crippen LogP contribution in [-0.4, -0.2) is 50.4 Å². The van der Waals surface area contributed by atoms with E-state index in [4.69, 9.17) is 4.74 Å². The fourth-order valence-corrected chi connectivity index (χ4v) is 5.48. The number of carbonyl (C=O) groups is 2. The Labute approximate surface area is 186 Å². The van der Waals surface area contributed by atoms with Gasteiger partial charge in [-0.15, -0.1) is 11.8 Å². The van der Waals surface area contributed by atoms with E-state index in [9.17, 15) is 18.0 Å². The van der Waals surface area contributed by atoms with Crippen LogP contribution in [0.3, 0.4) is 0 Å². The summed E-state index contributed by atoms with van der Waals surface area (Å²) in [5, 5.41) is 7.16. The molecule has 0 aromatic heterocycles. The zero-order valence-corrected chi connectivity index (χ0v) is 19.1. The third kappa shape index (κ3) is 5.38. The van der Waals surface area contributed by atoms with Gasteiger partial charge >= 0.3 is 0 Å². The molecule has 1 saturated heterocycles. The van der Waals surface area contributed by atoms with Crippen LogP contribution in [0.25, 0.3) is 0 Å². The van der Waals surface area contributed by atoms with Gasteiger partial charge < -0.3 is 15.4 Å². The molecule has 2 unspecified atom stereocenters. The van der Waals surface area contributed by atoms with E-state index >= 15 is 0 Å². The highest BCUT2D eigenvalue weighted by atomic mass is 32.2. The predicted molar refractivity (Wildman–Crippen MR) is 121 cm³/mol. The lowest BCUT2D eigenvalue weighted by molar-refractivity contribution is -0.122. The largest absolute Gasteiger partial charge is 0.495 e. The van der Waals surface area contributed by atoms with Crippen molar-refractivity contribution in [1.29, 1.82) is 0 Å². The van der Waals surface area contributed by atoms with Crippen LogP contribution in [0.15, 0.2) is 47.4 Å². The van der Waals surface area contributed by atoms with Gasteiger partial charge in [0.25, 0.3) is 0 Å². The highest BCUT2D eigenvalue weighted by Gasteiger charge is 2.38. The van der Waals surface area contributed by atoms with Crippen LogP contribution in [-0.2, 0) is 19.4 Å². The van der Waals surface area contributed by atoms with Crippen LogP contribution in [0.2, 0.25) is 0 Å². The van der Waals surface area contributed by atoms with E-state index in [0.29, 0.717) is 11.4 Å². The molecule has 1 fully saturated rings. The maximum Gasteiger partial charge on any atom is 0.241 e. The molecule has 3 rings (SSSR count). The summed E-state index contributed by atoms with van der Waals surface area (Å²) in [7, 11) is -2.31. The zero-order valence-electron chi connectivity index (χ0n) is 17.5. The molecule has 2 amide bonds. The van der Waals surface area contributed by atoms with Crippen molar-refractivity contribution in [3.8, 4) is 5.75 Å². The average Bonchev–Trinajstić information content (AvgIpc) is 2.74. The number of carbonyl (C=O) groups excluding carboxylic acids is 2. The lowest BCUT2D eigenvalue weighted by atomic mass is 10.1. The van der Waals surface area contributed by atoms with Gasteiger partial charge in [-0.25, -0.2) is 8.42 Å². The molecule has 166 valence electrons. The first kappa shape index (κ1) is 23.1. The van der Waals surface area contributed by atoms with E-state index in [1.807, 2.05) is 13.8 Å². The monoisotopic (exact) mass is 463 g/mol. The van der Waals surface area contributed by atoms with Crippen molar-refractivity contribution in [3.05, 3.63) is 53.6 Å². The normalized spacial score (nSPS) is 18.9. The SMILES string of the molecule is COc1ccccc1NC(=O)CSC1NCC(S(=O)(=O)c2ccc(C)c(C)c2)C(=O)N1. The maximum absolute atomic E-state index is 12.9. The summed E-state index contributed by atoms with van der Waals surface area (Å²) in [6.45, 7) is 3.69. The van der Waals surface area contributed by atoms with Crippen molar-refractivity contribution in [1.82, 2.24) is 10.6 Å². The number of aryl methyl sites for hydroxylation is 2. The Hall–Kier alpha value is -2.56. The Bertz CT molecular complexity index is 1090. The molecule has 31 heavy (non-hydrogen) atoms. The standard InChI is InChI=1S/C21H25N3O5S2/c1-13-8-9-15(10-14(13)2)31(27,28)18-11-22-21(24-20(18)26)30-12-19(25)23-16-6-4-5-7-17(16)29-3/h4-10,18,21-22H,11-12H2,1-3H3,(H,23,25)(H,24,26). The molecular weight excluding hydrogens is 438 g/mol. The molecule has 0 spiro atoms. The van der Waals surface area contributed by atoms with Gasteiger partial charge in [0.15, 0.2) is 15.1 Å². The van der Waals surface area contributed by atoms with E-state index in [0.717, 1.165) is 22.9 Å². The summed E-state index contributed by atoms with van der Waals surface area (Å²) in [5.41, 5.74) is 1.81. The van der Waals surface area contributed by atoms with Gasteiger partial charge in [-0.1, -0.05) is 18.2 Å². The van der Waals surface area contributed by atoms with Gasteiger partial charge in [0.1, 0.15) is 11.2 Å². The van der Waals surface area contributed by atoms with Crippen molar-refractivity contribution in [2.24, 2.45) is 0 Å². The summed E-state index contributed by atoms with van der Waals surface area (Å²) < 4.78 is 31.0. The molecule has 0 bridgehead atoms. The number of hydrogen-bond acceptors (Lipinski definition) is 7. The Balaban J connectivity index is 1.57. The molecule has 8 nitrogen and oxygen atoms in total. The molecule has 3 N–H and O–H groups in total. The van der Waals surface area contributed by atoms with Gasteiger partial charge in [0, 0.05) is 6.54 Å². The highest BCUT2D eigenvalue weighted by Crippen LogP contribution is 2.24. The Morgan fingerprint density at radius 1 is 1.19 bits per heavy atom. The van der Waals surface area contributed by atoms with E-state index < -0.39 is 26.5 Å². The molecule has 1 aliphatic rings. The van der Waals surface area contributed by atoms with Crippen LogP contribution >= 0.6 is 11.8 Å². The van der Waals surface area contributed by atoms with Crippen molar-refractivity contribution in [2.45, 2.75) is 29.5 Å². The lowest BCUT2D eigenvalue weighted by Crippen LogP contribution is -2.59. The fourth-order valence-electron chi connectivity index (χ4n) is 3.08. The first-order valence-electron chi connectivity index (χ1n) is 9.61. The molecule has 0 aliphatic carbocycles. The summed E-state index contributed by atoms with van der Waals surface area (Å²) in [4.78, 5) is 24.9. The number of thioether (sulfide) groups is 1. The van der Waals surface area contributed by atoms with Crippen LogP contribution in [0, 0.1) is 13.8 Å². The van der Waals surface area contributed by atoms with E-state index in [1.165, 1.54) is 13.2 Å². The minimum Gasteiger partial charge on any atom is -0.495 e. The third-order valence-corrected chi connectivity index (χ3v) is 8.09. The highest BCUT2D eigenvalue weighted by molar-refractivity contribution is 8.00. The van der Waals surface area contributed by atoms with E-state index in [-0.39, 0.29) is 23.1 Å². The molecule has 2 aromatic carbocycles. The fraction of sp³-hybridized carbons (Fsp3) is 0.333. The summed E-state index contributed by atoms with van der Waals surface area (Å²) in [6, 6.07) is 11.9. The molecular formula is C21H25N3O5S2. The lowest BCUT2D eigenvalue weighted by Gasteiger charge is -2.29. The maximum atomic E-state index is 12.9. The molecule has 2 aromatic rings. The summed E-state index contributed by atoms with van der Waals surface area (Å²) >= 11 is 1.16. The average molecular weight is 464 g/mol. The minimum atomic E-state index is -3.83. The number of sulfone groups is 1. The van der Waals surface area contributed by atoms with E-state index in [1.54, 1.807) is 36.4 Å². The van der Waals surface area contributed by atoms with Gasteiger partial charge in [-0.05, 0) is 49.2 Å². The molecule has 1 heterocycles. The molecule has 0 radical (unpaired) electrons. The van der Waals surface area contributed by atoms with Crippen molar-refractivity contribution in [3.63, 3.8) is 0 Å². The van der Waals surface area contributed by atoms with Crippen molar-refractivity contribution >= 4 is 39.1 Å². The van der Waals surface area contributed by atoms with Crippen LogP contribution in [0.4, 0.5) is 5.69 Å². The molecule has 10 heteroatoms. The number of para-hydroxylation sites is 2. The number of rotatable bonds is 7. The number of amides is 2. The smallest absolute Gasteiger partial charge is 0.241 e. The quantitative estimate of drug-likeness (QED) is 0.574. The first-order valence-corrected chi connectivity index (χ1v) is 12.2. The van der Waals surface area contributed by atoms with Gasteiger partial charge in [0.2, 0.25) is 11.8 Å². The number of hydrogen-bond donors (Lipinski definition) is 3. The second-order valence-electron chi connectivity index (χ2n) is 7.14. The topological polar surface area (TPSA) is 114 Å². The molecule has 2 atom stereocenters. The van der Waals surface area contributed by atoms with Crippen LogP contribution < -0.4 is 20.7 Å². The van der Waals surface area contributed by atoms with Crippen molar-refractivity contribution in [2.75, 3.05) is 24.7 Å². The summed E-state index contributed by atoms with van der Waals surface area (Å²) in [6.07, 6.45) is 0. The first-order chi connectivity index (χ1) is 14.7. The number of methoxy groups -OCH3 is 1. The summed E-state index contributed by atoms with van der Waals surface area (Å²) in [5.74, 6) is -0.246. The minimum absolute atomic E-state index is 0.0348. The van der Waals surface area contributed by atoms with Gasteiger partial charge in [-0.2, -0.15) is 0 Å². The van der Waals surface area contributed by atoms with Crippen LogP contribution in [0.1, 0.15) is 11.1 Å². The number of ether oxygens (including phenoxy) is 1. The van der Waals surface area contributed by atoms with E-state index in [2.05, 4.69) is 16.0 Å². The Kier molecular flexibility index (Phi) is 7.24. The number of nitrogens with one attached hydrogen (secondary N) is 3. The van der Waals surface area contributed by atoms with Crippen molar-refractivity contribution < 1.29 is 22.7 Å². The predicted octanol–water partition coefficient (Wildman–Crippen LogP) is 1.83. The number of benzene rings is 2. The molecule has 1 aliphatic heterocycles. The Morgan fingerprint density at radius 3 is 2.61 bits per heavy atom. The third-order valence-electron chi connectivity index (χ3n) is 5.00. The van der Waals surface area contributed by atoms with Crippen LogP contribution in [0.5, 0.6) is 5.75 Å². The second-order valence-corrected chi connectivity index (χ2v) is 10.4. The van der Waals surface area contributed by atoms with Gasteiger partial charge in [0.05, 0.1) is 23.4 Å².